The van der Waals surface area contributed by atoms with Gasteiger partial charge in [-0.05, 0) is 24.1 Å². The Balaban J connectivity index is 2.02. The molecule has 1 aromatic rings. The molecular weight excluding hydrogens is 379 g/mol. The summed E-state index contributed by atoms with van der Waals surface area (Å²) in [6, 6.07) is 3.86. The van der Waals surface area contributed by atoms with Crippen molar-refractivity contribution >= 4 is 16.2 Å². The molecule has 26 heavy (non-hydrogen) atoms. The van der Waals surface area contributed by atoms with Gasteiger partial charge in [0.25, 0.3) is 10.1 Å². The molecular formula is C15H18F3NO6S. The zero-order chi connectivity index (χ0) is 19.5. The van der Waals surface area contributed by atoms with Gasteiger partial charge in [0, 0.05) is 0 Å². The lowest BCUT2D eigenvalue weighted by atomic mass is 10.0. The summed E-state index contributed by atoms with van der Waals surface area (Å²) in [7, 11) is -3.68. The van der Waals surface area contributed by atoms with Crippen LogP contribution in [0.2, 0.25) is 0 Å². The summed E-state index contributed by atoms with van der Waals surface area (Å²) in [6.45, 7) is -0.434. The van der Waals surface area contributed by atoms with Crippen LogP contribution in [-0.4, -0.2) is 62.7 Å². The minimum atomic E-state index is -4.44. The van der Waals surface area contributed by atoms with Gasteiger partial charge in [-0.15, -0.1) is 0 Å². The summed E-state index contributed by atoms with van der Waals surface area (Å²) >= 11 is 0. The molecule has 7 nitrogen and oxygen atoms in total. The van der Waals surface area contributed by atoms with E-state index in [4.69, 9.17) is 4.74 Å². The van der Waals surface area contributed by atoms with E-state index in [0.29, 0.717) is 5.56 Å². The molecule has 0 aliphatic carbocycles. The molecule has 0 spiro atoms. The minimum absolute atomic E-state index is 0.0227. The third kappa shape index (κ3) is 5.85. The van der Waals surface area contributed by atoms with Gasteiger partial charge in [-0.1, -0.05) is 12.1 Å². The van der Waals surface area contributed by atoms with Gasteiger partial charge in [-0.25, -0.2) is 4.79 Å². The van der Waals surface area contributed by atoms with Gasteiger partial charge in [-0.2, -0.15) is 21.6 Å². The highest BCUT2D eigenvalue weighted by Gasteiger charge is 2.34. The van der Waals surface area contributed by atoms with Gasteiger partial charge >= 0.3 is 12.3 Å². The zero-order valence-corrected chi connectivity index (χ0v) is 14.6. The second kappa shape index (κ2) is 7.80. The predicted molar refractivity (Wildman–Crippen MR) is 84.2 cm³/mol. The van der Waals surface area contributed by atoms with E-state index in [1.165, 1.54) is 12.1 Å². The molecule has 1 aliphatic heterocycles. The van der Waals surface area contributed by atoms with Gasteiger partial charge in [0.2, 0.25) is 0 Å². The average molecular weight is 397 g/mol. The van der Waals surface area contributed by atoms with Crippen LogP contribution < -0.4 is 0 Å². The number of amides is 1. The topological polar surface area (TPSA) is 93.1 Å². The quantitative estimate of drug-likeness (QED) is 0.764. The number of nitrogens with zero attached hydrogens (tertiary/aromatic N) is 1. The molecule has 1 saturated heterocycles. The predicted octanol–water partition coefficient (Wildman–Crippen LogP) is 1.97. The first-order valence-electron chi connectivity index (χ1n) is 7.57. The monoisotopic (exact) mass is 397 g/mol. The number of alkyl halides is 3. The van der Waals surface area contributed by atoms with E-state index in [-0.39, 0.29) is 26.2 Å². The fourth-order valence-electron chi connectivity index (χ4n) is 2.56. The second-order valence-corrected chi connectivity index (χ2v) is 7.58. The maximum Gasteiger partial charge on any atom is 0.416 e. The Hall–Kier alpha value is -1.85. The van der Waals surface area contributed by atoms with Crippen LogP contribution >= 0.6 is 0 Å². The first kappa shape index (κ1) is 20.5. The van der Waals surface area contributed by atoms with Crippen molar-refractivity contribution in [3.63, 3.8) is 0 Å². The molecule has 0 unspecified atom stereocenters. The van der Waals surface area contributed by atoms with Crippen molar-refractivity contribution in [3.8, 4) is 0 Å². The van der Waals surface area contributed by atoms with Gasteiger partial charge < -0.3 is 14.7 Å². The lowest BCUT2D eigenvalue weighted by Crippen LogP contribution is -2.53. The first-order valence-corrected chi connectivity index (χ1v) is 9.39. The Kier molecular flexibility index (Phi) is 6.14. The van der Waals surface area contributed by atoms with Crippen LogP contribution in [-0.2, 0) is 31.6 Å². The van der Waals surface area contributed by atoms with Gasteiger partial charge in [0.15, 0.2) is 0 Å². The molecule has 1 aliphatic rings. The highest BCUT2D eigenvalue weighted by atomic mass is 32.2. The fourth-order valence-corrected chi connectivity index (χ4v) is 2.96. The van der Waals surface area contributed by atoms with E-state index in [9.17, 15) is 31.5 Å². The highest BCUT2D eigenvalue weighted by molar-refractivity contribution is 7.85. The van der Waals surface area contributed by atoms with Gasteiger partial charge in [0.05, 0.1) is 37.6 Å². The second-order valence-electron chi connectivity index (χ2n) is 5.93. The summed E-state index contributed by atoms with van der Waals surface area (Å²) in [5.41, 5.74) is -0.252. The summed E-state index contributed by atoms with van der Waals surface area (Å²) in [4.78, 5) is 12.5. The Labute approximate surface area is 148 Å². The molecule has 0 aromatic heterocycles. The maximum absolute atomic E-state index is 12.6. The summed E-state index contributed by atoms with van der Waals surface area (Å²) in [6.07, 6.45) is -5.37. The number of morpholine rings is 1. The molecule has 0 bridgehead atoms. The van der Waals surface area contributed by atoms with Crippen LogP contribution in [0, 0.1) is 0 Å². The minimum Gasteiger partial charge on any atom is -0.465 e. The molecule has 0 radical (unpaired) electrons. The van der Waals surface area contributed by atoms with Crippen molar-refractivity contribution in [2.75, 3.05) is 26.0 Å². The molecule has 2 rings (SSSR count). The number of hydrogen-bond donors (Lipinski definition) is 1. The molecule has 2 atom stereocenters. The van der Waals surface area contributed by atoms with E-state index in [1.807, 2.05) is 0 Å². The van der Waals surface area contributed by atoms with E-state index in [0.717, 1.165) is 23.3 Å². The summed E-state index contributed by atoms with van der Waals surface area (Å²) in [5, 5.41) is 9.35. The molecule has 1 heterocycles. The van der Waals surface area contributed by atoms with Crippen molar-refractivity contribution in [2.45, 2.75) is 24.7 Å². The standard InChI is InChI=1S/C15H18F3NO6S/c1-26(22,23)25-9-13-7-19(14(20)21)12(8-24-13)6-10-2-4-11(5-3-10)15(16,17)18/h2-5,12-13H,6-9H2,1H3,(H,20,21)/t12-,13+/m0/s1. The number of rotatable bonds is 5. The Bertz CT molecular complexity index is 735. The molecule has 1 aromatic carbocycles. The average Bonchev–Trinajstić information content (AvgIpc) is 2.52. The first-order chi connectivity index (χ1) is 12.0. The molecule has 1 N–H and O–H groups in total. The largest absolute Gasteiger partial charge is 0.465 e. The van der Waals surface area contributed by atoms with Crippen LogP contribution in [0.25, 0.3) is 0 Å². The Morgan fingerprint density at radius 2 is 1.96 bits per heavy atom. The van der Waals surface area contributed by atoms with E-state index in [2.05, 4.69) is 4.18 Å². The third-order valence-corrected chi connectivity index (χ3v) is 4.40. The number of hydrogen-bond acceptors (Lipinski definition) is 5. The van der Waals surface area contributed by atoms with Crippen LogP contribution in [0.3, 0.4) is 0 Å². The van der Waals surface area contributed by atoms with Crippen molar-refractivity contribution in [1.82, 2.24) is 4.90 Å². The maximum atomic E-state index is 12.6. The fraction of sp³-hybridized carbons (Fsp3) is 0.533. The zero-order valence-electron chi connectivity index (χ0n) is 13.8. The molecule has 146 valence electrons. The Morgan fingerprint density at radius 3 is 2.46 bits per heavy atom. The number of ether oxygens (including phenoxy) is 1. The van der Waals surface area contributed by atoms with Crippen molar-refractivity contribution in [1.29, 1.82) is 0 Å². The van der Waals surface area contributed by atoms with Crippen LogP contribution in [0.15, 0.2) is 24.3 Å². The molecule has 1 amide bonds. The molecule has 0 saturated carbocycles. The summed E-state index contributed by atoms with van der Waals surface area (Å²) < 4.78 is 69.8. The Morgan fingerprint density at radius 1 is 1.35 bits per heavy atom. The molecule has 11 heteroatoms. The number of halogens is 3. The van der Waals surface area contributed by atoms with Crippen molar-refractivity contribution in [2.24, 2.45) is 0 Å². The highest BCUT2D eigenvalue weighted by Crippen LogP contribution is 2.29. The number of carboxylic acid groups (broad SMARTS) is 1. The van der Waals surface area contributed by atoms with Crippen LogP contribution in [0.5, 0.6) is 0 Å². The number of benzene rings is 1. The SMILES string of the molecule is CS(=O)(=O)OC[C@H]1CN(C(=O)O)[C@@H](Cc2ccc(C(F)(F)F)cc2)CO1. The van der Waals surface area contributed by atoms with Crippen molar-refractivity contribution < 1.29 is 40.4 Å². The third-order valence-electron chi connectivity index (χ3n) is 3.83. The van der Waals surface area contributed by atoms with E-state index < -0.39 is 40.1 Å². The lowest BCUT2D eigenvalue weighted by Gasteiger charge is -2.37. The summed E-state index contributed by atoms with van der Waals surface area (Å²) in [5.74, 6) is 0. The van der Waals surface area contributed by atoms with Gasteiger partial charge in [0.1, 0.15) is 6.10 Å². The van der Waals surface area contributed by atoms with Crippen LogP contribution in [0.4, 0.5) is 18.0 Å². The number of carbonyl (C=O) groups is 1. The van der Waals surface area contributed by atoms with Crippen LogP contribution in [0.1, 0.15) is 11.1 Å². The lowest BCUT2D eigenvalue weighted by molar-refractivity contribution is -0.137. The molecule has 1 fully saturated rings. The van der Waals surface area contributed by atoms with E-state index in [1.54, 1.807) is 0 Å². The van der Waals surface area contributed by atoms with Gasteiger partial charge in [-0.3, -0.25) is 4.18 Å². The van der Waals surface area contributed by atoms with Crippen molar-refractivity contribution in [3.05, 3.63) is 35.4 Å². The normalized spacial score (nSPS) is 21.6. The smallest absolute Gasteiger partial charge is 0.416 e. The van der Waals surface area contributed by atoms with E-state index >= 15 is 0 Å².